The van der Waals surface area contributed by atoms with Crippen molar-refractivity contribution < 1.29 is 4.79 Å². The SMILES string of the molecule is Cc1ccc(-c2nc(C)sc2CC(=O)NC(C)c2ccccc2Cl)cc1. The summed E-state index contributed by atoms with van der Waals surface area (Å²) in [5.41, 5.74) is 4.06. The third kappa shape index (κ3) is 4.32. The topological polar surface area (TPSA) is 42.0 Å². The number of carbonyl (C=O) groups excluding carboxylic acids is 1. The number of thiazole rings is 1. The van der Waals surface area contributed by atoms with Gasteiger partial charge in [-0.3, -0.25) is 4.79 Å². The number of hydrogen-bond donors (Lipinski definition) is 1. The van der Waals surface area contributed by atoms with Gasteiger partial charge >= 0.3 is 0 Å². The molecule has 1 atom stereocenters. The van der Waals surface area contributed by atoms with Gasteiger partial charge in [0, 0.05) is 15.5 Å². The summed E-state index contributed by atoms with van der Waals surface area (Å²) in [4.78, 5) is 18.2. The van der Waals surface area contributed by atoms with E-state index < -0.39 is 0 Å². The molecule has 1 aromatic heterocycles. The van der Waals surface area contributed by atoms with Crippen molar-refractivity contribution >= 4 is 28.8 Å². The zero-order valence-corrected chi connectivity index (χ0v) is 16.6. The number of benzene rings is 2. The molecule has 1 N–H and O–H groups in total. The van der Waals surface area contributed by atoms with E-state index in [2.05, 4.69) is 41.5 Å². The number of halogens is 1. The molecule has 3 aromatic rings. The van der Waals surface area contributed by atoms with Crippen LogP contribution < -0.4 is 5.32 Å². The van der Waals surface area contributed by atoms with Gasteiger partial charge in [-0.05, 0) is 32.4 Å². The van der Waals surface area contributed by atoms with Crippen molar-refractivity contribution in [1.29, 1.82) is 0 Å². The van der Waals surface area contributed by atoms with Crippen molar-refractivity contribution in [3.63, 3.8) is 0 Å². The highest BCUT2D eigenvalue weighted by atomic mass is 35.5. The van der Waals surface area contributed by atoms with E-state index in [1.54, 1.807) is 11.3 Å². The Labute approximate surface area is 163 Å². The Morgan fingerprint density at radius 1 is 1.15 bits per heavy atom. The minimum Gasteiger partial charge on any atom is -0.349 e. The third-order valence-corrected chi connectivity index (χ3v) is 5.51. The molecule has 0 aliphatic carbocycles. The standard InChI is InChI=1S/C21H21ClN2OS/c1-13-8-10-16(11-9-13)21-19(26-15(3)24-21)12-20(25)23-14(2)17-6-4-5-7-18(17)22/h4-11,14H,12H2,1-3H3,(H,23,25). The quantitative estimate of drug-likeness (QED) is 0.631. The summed E-state index contributed by atoms with van der Waals surface area (Å²) in [5, 5.41) is 4.66. The van der Waals surface area contributed by atoms with Crippen molar-refractivity contribution in [1.82, 2.24) is 10.3 Å². The van der Waals surface area contributed by atoms with Crippen LogP contribution in [0.2, 0.25) is 5.02 Å². The lowest BCUT2D eigenvalue weighted by Gasteiger charge is -2.15. The molecule has 1 unspecified atom stereocenters. The molecule has 0 aliphatic heterocycles. The Morgan fingerprint density at radius 2 is 1.85 bits per heavy atom. The van der Waals surface area contributed by atoms with Gasteiger partial charge in [-0.25, -0.2) is 4.98 Å². The largest absolute Gasteiger partial charge is 0.349 e. The Hall–Kier alpha value is -2.17. The second kappa shape index (κ2) is 8.02. The number of rotatable bonds is 5. The molecule has 0 spiro atoms. The Kier molecular flexibility index (Phi) is 5.74. The van der Waals surface area contributed by atoms with Gasteiger partial charge in [0.1, 0.15) is 0 Å². The van der Waals surface area contributed by atoms with E-state index >= 15 is 0 Å². The van der Waals surface area contributed by atoms with Crippen molar-refractivity contribution in [2.45, 2.75) is 33.2 Å². The lowest BCUT2D eigenvalue weighted by molar-refractivity contribution is -0.121. The molecule has 0 bridgehead atoms. The number of aromatic nitrogens is 1. The molecule has 1 heterocycles. The van der Waals surface area contributed by atoms with Gasteiger partial charge in [0.25, 0.3) is 0 Å². The van der Waals surface area contributed by atoms with E-state index in [0.717, 1.165) is 26.7 Å². The first-order valence-corrected chi connectivity index (χ1v) is 9.70. The van der Waals surface area contributed by atoms with E-state index in [4.69, 9.17) is 11.6 Å². The lowest BCUT2D eigenvalue weighted by atomic mass is 10.1. The summed E-state index contributed by atoms with van der Waals surface area (Å²) in [6, 6.07) is 15.7. The first kappa shape index (κ1) is 18.6. The molecule has 1 amide bonds. The van der Waals surface area contributed by atoms with Crippen LogP contribution in [-0.2, 0) is 11.2 Å². The molecule has 134 valence electrons. The zero-order valence-electron chi connectivity index (χ0n) is 15.0. The summed E-state index contributed by atoms with van der Waals surface area (Å²) in [6.45, 7) is 5.97. The number of nitrogens with one attached hydrogen (secondary N) is 1. The van der Waals surface area contributed by atoms with E-state index in [9.17, 15) is 4.79 Å². The maximum atomic E-state index is 12.6. The number of hydrogen-bond acceptors (Lipinski definition) is 3. The molecule has 3 nitrogen and oxygen atoms in total. The van der Waals surface area contributed by atoms with Crippen molar-refractivity contribution in [2.24, 2.45) is 0 Å². The molecule has 0 aliphatic rings. The predicted molar refractivity (Wildman–Crippen MR) is 109 cm³/mol. The fraction of sp³-hybridized carbons (Fsp3) is 0.238. The second-order valence-corrected chi connectivity index (χ2v) is 8.05. The van der Waals surface area contributed by atoms with Gasteiger partial charge in [-0.2, -0.15) is 0 Å². The smallest absolute Gasteiger partial charge is 0.225 e. The van der Waals surface area contributed by atoms with Gasteiger partial charge < -0.3 is 5.32 Å². The molecule has 0 saturated heterocycles. The van der Waals surface area contributed by atoms with Gasteiger partial charge in [0.05, 0.1) is 23.2 Å². The Morgan fingerprint density at radius 3 is 2.54 bits per heavy atom. The lowest BCUT2D eigenvalue weighted by Crippen LogP contribution is -2.28. The molecular weight excluding hydrogens is 364 g/mol. The van der Waals surface area contributed by atoms with Crippen molar-refractivity contribution in [2.75, 3.05) is 0 Å². The van der Waals surface area contributed by atoms with Crippen LogP contribution in [-0.4, -0.2) is 10.9 Å². The molecule has 2 aromatic carbocycles. The summed E-state index contributed by atoms with van der Waals surface area (Å²) < 4.78 is 0. The van der Waals surface area contributed by atoms with E-state index in [0.29, 0.717) is 11.4 Å². The summed E-state index contributed by atoms with van der Waals surface area (Å²) in [5.74, 6) is -0.0329. The number of nitrogens with zero attached hydrogens (tertiary/aromatic N) is 1. The first-order valence-electron chi connectivity index (χ1n) is 8.51. The van der Waals surface area contributed by atoms with Crippen LogP contribution in [0.15, 0.2) is 48.5 Å². The minimum absolute atomic E-state index is 0.0329. The second-order valence-electron chi connectivity index (χ2n) is 6.36. The summed E-state index contributed by atoms with van der Waals surface area (Å²) in [6.07, 6.45) is 0.309. The molecule has 0 radical (unpaired) electrons. The van der Waals surface area contributed by atoms with E-state index in [1.807, 2.05) is 38.1 Å². The highest BCUT2D eigenvalue weighted by molar-refractivity contribution is 7.12. The van der Waals surface area contributed by atoms with Crippen molar-refractivity contribution in [3.8, 4) is 11.3 Å². The summed E-state index contributed by atoms with van der Waals surface area (Å²) in [7, 11) is 0. The predicted octanol–water partition coefficient (Wildman–Crippen LogP) is 5.50. The van der Waals surface area contributed by atoms with Crippen LogP contribution in [0.5, 0.6) is 0 Å². The normalized spacial score (nSPS) is 12.0. The fourth-order valence-electron chi connectivity index (χ4n) is 2.87. The average Bonchev–Trinajstić information content (AvgIpc) is 2.96. The van der Waals surface area contributed by atoms with Crippen LogP contribution >= 0.6 is 22.9 Å². The van der Waals surface area contributed by atoms with Crippen molar-refractivity contribution in [3.05, 3.63) is 74.6 Å². The van der Waals surface area contributed by atoms with Gasteiger partial charge in [0.2, 0.25) is 5.91 Å². The average molecular weight is 385 g/mol. The maximum Gasteiger partial charge on any atom is 0.225 e. The van der Waals surface area contributed by atoms with Gasteiger partial charge in [0.15, 0.2) is 0 Å². The molecular formula is C21H21ClN2OS. The monoisotopic (exact) mass is 384 g/mol. The molecule has 26 heavy (non-hydrogen) atoms. The maximum absolute atomic E-state index is 12.6. The zero-order chi connectivity index (χ0) is 18.7. The number of aryl methyl sites for hydroxylation is 2. The molecule has 3 rings (SSSR count). The Balaban J connectivity index is 1.76. The van der Waals surface area contributed by atoms with Crippen LogP contribution in [0, 0.1) is 13.8 Å². The van der Waals surface area contributed by atoms with E-state index in [-0.39, 0.29) is 11.9 Å². The summed E-state index contributed by atoms with van der Waals surface area (Å²) >= 11 is 7.79. The van der Waals surface area contributed by atoms with Crippen LogP contribution in [0.3, 0.4) is 0 Å². The van der Waals surface area contributed by atoms with Gasteiger partial charge in [-0.1, -0.05) is 59.6 Å². The third-order valence-electron chi connectivity index (χ3n) is 4.20. The van der Waals surface area contributed by atoms with Crippen LogP contribution in [0.1, 0.15) is 34.0 Å². The van der Waals surface area contributed by atoms with Crippen LogP contribution in [0.25, 0.3) is 11.3 Å². The van der Waals surface area contributed by atoms with Gasteiger partial charge in [-0.15, -0.1) is 11.3 Å². The number of amides is 1. The highest BCUT2D eigenvalue weighted by Crippen LogP contribution is 2.29. The van der Waals surface area contributed by atoms with E-state index in [1.165, 1.54) is 5.56 Å². The molecule has 5 heteroatoms. The highest BCUT2D eigenvalue weighted by Gasteiger charge is 2.17. The minimum atomic E-state index is -0.145. The first-order chi connectivity index (χ1) is 12.4. The molecule has 0 saturated carbocycles. The Bertz CT molecular complexity index is 918. The fourth-order valence-corrected chi connectivity index (χ4v) is 4.12. The van der Waals surface area contributed by atoms with Crippen LogP contribution in [0.4, 0.5) is 0 Å². The number of carbonyl (C=O) groups is 1. The molecule has 0 fully saturated rings.